The maximum atomic E-state index is 11.4. The Labute approximate surface area is 107 Å². The van der Waals surface area contributed by atoms with Crippen LogP contribution in [-0.2, 0) is 11.3 Å². The van der Waals surface area contributed by atoms with Gasteiger partial charge >= 0.3 is 6.09 Å². The Morgan fingerprint density at radius 1 is 1.62 bits per heavy atom. The van der Waals surface area contributed by atoms with Gasteiger partial charge < -0.3 is 4.74 Å². The average molecular weight is 305 g/mol. The Kier molecular flexibility index (Phi) is 3.40. The lowest BCUT2D eigenvalue weighted by Gasteiger charge is -2.18. The Bertz CT molecular complexity index is 424. The van der Waals surface area contributed by atoms with Crippen LogP contribution in [0.5, 0.6) is 0 Å². The maximum absolute atomic E-state index is 11.4. The number of nitrogens with zero attached hydrogens (tertiary/aromatic N) is 1. The number of amides is 1. The van der Waals surface area contributed by atoms with E-state index in [4.69, 9.17) is 16.3 Å². The van der Waals surface area contributed by atoms with E-state index in [2.05, 4.69) is 15.9 Å². The van der Waals surface area contributed by atoms with Gasteiger partial charge in [-0.3, -0.25) is 4.90 Å². The standard InChI is InChI=1S/C11H11BrClNO2/c1-7-6-16-11(15)14(7)5-8-4-9(13)2-3-10(8)12/h2-4,7H,5-6H2,1H3. The van der Waals surface area contributed by atoms with E-state index in [1.807, 2.05) is 19.1 Å². The molecule has 0 aliphatic carbocycles. The van der Waals surface area contributed by atoms with Gasteiger partial charge in [0, 0.05) is 9.50 Å². The first kappa shape index (κ1) is 11.7. The summed E-state index contributed by atoms with van der Waals surface area (Å²) in [6.07, 6.45) is -0.264. The van der Waals surface area contributed by atoms with Crippen LogP contribution in [0.2, 0.25) is 5.02 Å². The number of hydrogen-bond acceptors (Lipinski definition) is 2. The van der Waals surface area contributed by atoms with Crippen molar-refractivity contribution in [3.63, 3.8) is 0 Å². The van der Waals surface area contributed by atoms with Crippen LogP contribution < -0.4 is 0 Å². The number of halogens is 2. The van der Waals surface area contributed by atoms with E-state index in [9.17, 15) is 4.79 Å². The Morgan fingerprint density at radius 3 is 3.00 bits per heavy atom. The number of carbonyl (C=O) groups excluding carboxylic acids is 1. The van der Waals surface area contributed by atoms with Gasteiger partial charge in [0.1, 0.15) is 6.61 Å². The van der Waals surface area contributed by atoms with Gasteiger partial charge in [-0.15, -0.1) is 0 Å². The average Bonchev–Trinajstić information content (AvgIpc) is 2.55. The molecule has 1 heterocycles. The quantitative estimate of drug-likeness (QED) is 0.837. The van der Waals surface area contributed by atoms with Crippen LogP contribution >= 0.6 is 27.5 Å². The highest BCUT2D eigenvalue weighted by atomic mass is 79.9. The van der Waals surface area contributed by atoms with E-state index < -0.39 is 0 Å². The molecule has 16 heavy (non-hydrogen) atoms. The fourth-order valence-electron chi connectivity index (χ4n) is 1.61. The normalized spacial score (nSPS) is 20.1. The molecule has 3 nitrogen and oxygen atoms in total. The van der Waals surface area contributed by atoms with Crippen LogP contribution in [0.3, 0.4) is 0 Å². The molecule has 1 atom stereocenters. The summed E-state index contributed by atoms with van der Waals surface area (Å²) in [4.78, 5) is 13.1. The van der Waals surface area contributed by atoms with Crippen molar-refractivity contribution >= 4 is 33.6 Å². The van der Waals surface area contributed by atoms with Gasteiger partial charge in [0.25, 0.3) is 0 Å². The van der Waals surface area contributed by atoms with E-state index in [1.165, 1.54) is 0 Å². The molecule has 0 spiro atoms. The van der Waals surface area contributed by atoms with Gasteiger partial charge in [0.15, 0.2) is 0 Å². The highest BCUT2D eigenvalue weighted by molar-refractivity contribution is 9.10. The molecule has 0 saturated carbocycles. The second-order valence-electron chi connectivity index (χ2n) is 3.79. The van der Waals surface area contributed by atoms with Crippen molar-refractivity contribution < 1.29 is 9.53 Å². The summed E-state index contributed by atoms with van der Waals surface area (Å²) in [7, 11) is 0. The van der Waals surface area contributed by atoms with Crippen LogP contribution in [0, 0.1) is 0 Å². The van der Waals surface area contributed by atoms with Crippen molar-refractivity contribution in [2.45, 2.75) is 19.5 Å². The van der Waals surface area contributed by atoms with Gasteiger partial charge in [0.2, 0.25) is 0 Å². The van der Waals surface area contributed by atoms with Gasteiger partial charge in [-0.25, -0.2) is 4.79 Å². The molecule has 5 heteroatoms. The summed E-state index contributed by atoms with van der Waals surface area (Å²) in [6.45, 7) is 2.93. The monoisotopic (exact) mass is 303 g/mol. The minimum absolute atomic E-state index is 0.110. The first-order valence-electron chi connectivity index (χ1n) is 4.95. The summed E-state index contributed by atoms with van der Waals surface area (Å²) in [6, 6.07) is 5.65. The van der Waals surface area contributed by atoms with Crippen molar-refractivity contribution in [3.8, 4) is 0 Å². The molecule has 0 radical (unpaired) electrons. The fourth-order valence-corrected chi connectivity index (χ4v) is 2.18. The SMILES string of the molecule is CC1COC(=O)N1Cc1cc(Cl)ccc1Br. The van der Waals surface area contributed by atoms with Gasteiger partial charge in [-0.1, -0.05) is 27.5 Å². The summed E-state index contributed by atoms with van der Waals surface area (Å²) >= 11 is 9.36. The van der Waals surface area contributed by atoms with Crippen molar-refractivity contribution in [3.05, 3.63) is 33.3 Å². The molecule has 1 fully saturated rings. The number of benzene rings is 1. The van der Waals surface area contributed by atoms with Crippen LogP contribution in [0.15, 0.2) is 22.7 Å². The van der Waals surface area contributed by atoms with Crippen LogP contribution in [0.1, 0.15) is 12.5 Å². The molecule has 0 aromatic heterocycles. The Hall–Kier alpha value is -0.740. The number of carbonyl (C=O) groups is 1. The van der Waals surface area contributed by atoms with Crippen LogP contribution in [-0.4, -0.2) is 23.6 Å². The lowest BCUT2D eigenvalue weighted by atomic mass is 10.2. The van der Waals surface area contributed by atoms with E-state index in [0.29, 0.717) is 18.2 Å². The molecule has 0 bridgehead atoms. The topological polar surface area (TPSA) is 29.5 Å². The predicted molar refractivity (Wildman–Crippen MR) is 65.5 cm³/mol. The second kappa shape index (κ2) is 4.63. The van der Waals surface area contributed by atoms with Crippen LogP contribution in [0.25, 0.3) is 0 Å². The van der Waals surface area contributed by atoms with Crippen molar-refractivity contribution in [2.75, 3.05) is 6.61 Å². The third-order valence-electron chi connectivity index (χ3n) is 2.56. The van der Waals surface area contributed by atoms with Gasteiger partial charge in [-0.2, -0.15) is 0 Å². The number of hydrogen-bond donors (Lipinski definition) is 0. The van der Waals surface area contributed by atoms with Crippen molar-refractivity contribution in [1.29, 1.82) is 0 Å². The summed E-state index contributed by atoms with van der Waals surface area (Å²) in [5.74, 6) is 0. The third-order valence-corrected chi connectivity index (χ3v) is 3.57. The molecule has 1 unspecified atom stereocenters. The molecule has 1 aromatic carbocycles. The Morgan fingerprint density at radius 2 is 2.38 bits per heavy atom. The van der Waals surface area contributed by atoms with E-state index >= 15 is 0 Å². The number of cyclic esters (lactones) is 1. The van der Waals surface area contributed by atoms with Crippen molar-refractivity contribution in [2.24, 2.45) is 0 Å². The van der Waals surface area contributed by atoms with Gasteiger partial charge in [0.05, 0.1) is 12.6 Å². The largest absolute Gasteiger partial charge is 0.447 e. The lowest BCUT2D eigenvalue weighted by Crippen LogP contribution is -2.30. The molecule has 1 aliphatic heterocycles. The van der Waals surface area contributed by atoms with E-state index in [0.717, 1.165) is 10.0 Å². The lowest BCUT2D eigenvalue weighted by molar-refractivity contribution is 0.156. The fraction of sp³-hybridized carbons (Fsp3) is 0.364. The smallest absolute Gasteiger partial charge is 0.410 e. The van der Waals surface area contributed by atoms with E-state index in [-0.39, 0.29) is 12.1 Å². The molecule has 0 N–H and O–H groups in total. The number of rotatable bonds is 2. The summed E-state index contributed by atoms with van der Waals surface area (Å²) in [5.41, 5.74) is 0.984. The third kappa shape index (κ3) is 2.33. The second-order valence-corrected chi connectivity index (χ2v) is 5.08. The van der Waals surface area contributed by atoms with Gasteiger partial charge in [-0.05, 0) is 30.7 Å². The van der Waals surface area contributed by atoms with Crippen molar-refractivity contribution in [1.82, 2.24) is 4.90 Å². The molecule has 1 amide bonds. The molecule has 86 valence electrons. The highest BCUT2D eigenvalue weighted by Crippen LogP contribution is 2.25. The highest BCUT2D eigenvalue weighted by Gasteiger charge is 2.29. The number of ether oxygens (including phenoxy) is 1. The zero-order valence-electron chi connectivity index (χ0n) is 8.74. The van der Waals surface area contributed by atoms with Crippen LogP contribution in [0.4, 0.5) is 4.79 Å². The minimum atomic E-state index is -0.264. The Balaban J connectivity index is 2.20. The molecular formula is C11H11BrClNO2. The summed E-state index contributed by atoms with van der Waals surface area (Å²) < 4.78 is 5.91. The maximum Gasteiger partial charge on any atom is 0.410 e. The first-order valence-corrected chi connectivity index (χ1v) is 6.12. The molecular weight excluding hydrogens is 293 g/mol. The summed E-state index contributed by atoms with van der Waals surface area (Å²) in [5, 5.41) is 0.665. The molecule has 2 rings (SSSR count). The predicted octanol–water partition coefficient (Wildman–Crippen LogP) is 3.44. The zero-order chi connectivity index (χ0) is 11.7. The molecule has 1 aliphatic rings. The minimum Gasteiger partial charge on any atom is -0.447 e. The zero-order valence-corrected chi connectivity index (χ0v) is 11.1. The molecule has 1 aromatic rings. The first-order chi connectivity index (χ1) is 7.58. The molecule has 1 saturated heterocycles. The van der Waals surface area contributed by atoms with E-state index in [1.54, 1.807) is 11.0 Å².